The predicted octanol–water partition coefficient (Wildman–Crippen LogP) is -0.124. The van der Waals surface area contributed by atoms with Crippen molar-refractivity contribution in [2.75, 3.05) is 0 Å². The van der Waals surface area contributed by atoms with E-state index in [0.717, 1.165) is 5.56 Å². The number of nitrogens with one attached hydrogen (secondary N) is 1. The van der Waals surface area contributed by atoms with Gasteiger partial charge < -0.3 is 29.4 Å². The summed E-state index contributed by atoms with van der Waals surface area (Å²) in [7, 11) is 0. The number of carbonyl (C=O) groups is 2. The van der Waals surface area contributed by atoms with Crippen molar-refractivity contribution < 1.29 is 33.6 Å². The molecular weight excluding hydrogens is 330 g/mol. The number of carbonyl (C=O) groups excluding carboxylic acids is 2. The monoisotopic (exact) mass is 347 g/mol. The Kier molecular flexibility index (Phi) is 3.21. The Bertz CT molecular complexity index is 703. The number of ether oxygens (including phenoxy) is 4. The molecular formula is C17H17NO7. The molecule has 1 aliphatic carbocycles. The van der Waals surface area contributed by atoms with Gasteiger partial charge in [0, 0.05) is 6.42 Å². The number of hydrogen-bond acceptors (Lipinski definition) is 7. The van der Waals surface area contributed by atoms with Crippen molar-refractivity contribution in [3.05, 3.63) is 35.9 Å². The van der Waals surface area contributed by atoms with Gasteiger partial charge >= 0.3 is 6.09 Å². The van der Waals surface area contributed by atoms with Gasteiger partial charge in [0.2, 0.25) is 0 Å². The van der Waals surface area contributed by atoms with E-state index in [4.69, 9.17) is 18.9 Å². The highest BCUT2D eigenvalue weighted by Gasteiger charge is 2.79. The van der Waals surface area contributed by atoms with Crippen LogP contribution in [-0.4, -0.2) is 59.3 Å². The van der Waals surface area contributed by atoms with Gasteiger partial charge in [0.25, 0.3) is 0 Å². The lowest BCUT2D eigenvalue weighted by Gasteiger charge is -2.26. The Morgan fingerprint density at radius 2 is 1.92 bits per heavy atom. The molecule has 5 rings (SSSR count). The number of fused-ring (bicyclic) bond motifs is 4. The molecule has 4 fully saturated rings. The van der Waals surface area contributed by atoms with Crippen molar-refractivity contribution >= 4 is 11.9 Å². The van der Waals surface area contributed by atoms with E-state index >= 15 is 0 Å². The van der Waals surface area contributed by atoms with E-state index in [-0.39, 0.29) is 12.4 Å². The SMILES string of the molecule is O=C(N[C@H]1CC2(OC1O)[C@@H]1O[C@@H]1C(=O)[C@@H]1O[C@@H]12)OCc1ccccc1. The third-order valence-corrected chi connectivity index (χ3v) is 5.25. The molecule has 25 heavy (non-hydrogen) atoms. The zero-order valence-electron chi connectivity index (χ0n) is 13.2. The van der Waals surface area contributed by atoms with Gasteiger partial charge in [0.05, 0.1) is 6.04 Å². The molecule has 1 aromatic carbocycles. The fraction of sp³-hybridized carbons (Fsp3) is 0.529. The standard InChI is InChI=1S/C17H17NO7/c19-10-11-13(23-11)17(14-12(10)24-14)6-9(15(20)25-17)18-16(21)22-7-8-4-2-1-3-5-8/h1-5,9,11-15,20H,6-7H2,(H,18,21)/t9-,11-,12+,13-,14+,15?,17?/m0/s1. The minimum atomic E-state index is -1.20. The zero-order chi connectivity index (χ0) is 17.2. The smallest absolute Gasteiger partial charge is 0.407 e. The Morgan fingerprint density at radius 3 is 2.60 bits per heavy atom. The number of epoxide rings is 2. The number of ketones is 1. The molecule has 1 saturated carbocycles. The molecule has 1 spiro atoms. The minimum Gasteiger partial charge on any atom is -0.445 e. The van der Waals surface area contributed by atoms with E-state index < -0.39 is 48.4 Å². The molecule has 2 unspecified atom stereocenters. The molecule has 0 aromatic heterocycles. The molecule has 2 N–H and O–H groups in total. The molecule has 1 aromatic rings. The average molecular weight is 347 g/mol. The van der Waals surface area contributed by atoms with Gasteiger partial charge in [-0.3, -0.25) is 4.79 Å². The summed E-state index contributed by atoms with van der Waals surface area (Å²) >= 11 is 0. The predicted molar refractivity (Wildman–Crippen MR) is 80.3 cm³/mol. The van der Waals surface area contributed by atoms with Crippen LogP contribution in [0.15, 0.2) is 30.3 Å². The van der Waals surface area contributed by atoms with E-state index in [0.29, 0.717) is 6.42 Å². The van der Waals surface area contributed by atoms with Crippen LogP contribution in [0, 0.1) is 0 Å². The number of Topliss-reactive ketones (excluding diaryl/α,β-unsaturated/α-hetero) is 1. The molecule has 8 nitrogen and oxygen atoms in total. The largest absolute Gasteiger partial charge is 0.445 e. The molecule has 132 valence electrons. The van der Waals surface area contributed by atoms with Gasteiger partial charge in [-0.05, 0) is 5.56 Å². The summed E-state index contributed by atoms with van der Waals surface area (Å²) < 4.78 is 21.7. The number of alkyl carbamates (subject to hydrolysis) is 1. The second-order valence-corrected chi connectivity index (χ2v) is 6.84. The van der Waals surface area contributed by atoms with E-state index in [2.05, 4.69) is 5.32 Å². The van der Waals surface area contributed by atoms with Gasteiger partial charge in [0.1, 0.15) is 36.6 Å². The number of hydrogen-bond donors (Lipinski definition) is 2. The normalized spacial score (nSPS) is 43.3. The van der Waals surface area contributed by atoms with Crippen LogP contribution in [0.3, 0.4) is 0 Å². The quantitative estimate of drug-likeness (QED) is 0.733. The highest BCUT2D eigenvalue weighted by molar-refractivity contribution is 5.94. The second kappa shape index (κ2) is 5.25. The van der Waals surface area contributed by atoms with E-state index in [1.165, 1.54) is 0 Å². The first kappa shape index (κ1) is 15.3. The Labute approximate surface area is 143 Å². The first-order valence-corrected chi connectivity index (χ1v) is 8.26. The zero-order valence-corrected chi connectivity index (χ0v) is 13.2. The third kappa shape index (κ3) is 2.36. The third-order valence-electron chi connectivity index (χ3n) is 5.25. The van der Waals surface area contributed by atoms with Crippen molar-refractivity contribution in [3.63, 3.8) is 0 Å². The fourth-order valence-electron chi connectivity index (χ4n) is 3.93. The van der Waals surface area contributed by atoms with Crippen LogP contribution in [0.1, 0.15) is 12.0 Å². The van der Waals surface area contributed by atoms with Gasteiger partial charge in [-0.15, -0.1) is 0 Å². The van der Waals surface area contributed by atoms with E-state index in [1.54, 1.807) is 0 Å². The lowest BCUT2D eigenvalue weighted by molar-refractivity contribution is -0.158. The van der Waals surface area contributed by atoms with Crippen LogP contribution in [0.4, 0.5) is 4.79 Å². The van der Waals surface area contributed by atoms with E-state index in [1.807, 2.05) is 30.3 Å². The molecule has 8 heteroatoms. The molecule has 0 bridgehead atoms. The summed E-state index contributed by atoms with van der Waals surface area (Å²) in [5.41, 5.74) is -0.00776. The Balaban J connectivity index is 1.21. The molecule has 1 amide bonds. The molecule has 4 aliphatic rings. The van der Waals surface area contributed by atoms with Crippen molar-refractivity contribution in [2.24, 2.45) is 0 Å². The van der Waals surface area contributed by atoms with Crippen molar-refractivity contribution in [1.82, 2.24) is 5.32 Å². The molecule has 0 radical (unpaired) electrons. The molecule has 3 saturated heterocycles. The molecule has 7 atom stereocenters. The molecule has 3 aliphatic heterocycles. The van der Waals surface area contributed by atoms with Crippen LogP contribution in [0.25, 0.3) is 0 Å². The molecule has 3 heterocycles. The van der Waals surface area contributed by atoms with Crippen LogP contribution in [-0.2, 0) is 30.3 Å². The number of amides is 1. The van der Waals surface area contributed by atoms with Crippen LogP contribution < -0.4 is 5.32 Å². The summed E-state index contributed by atoms with van der Waals surface area (Å²) in [6.45, 7) is 0.137. The topological polar surface area (TPSA) is 110 Å². The highest BCUT2D eigenvalue weighted by atomic mass is 16.7. The van der Waals surface area contributed by atoms with Gasteiger partial charge in [-0.25, -0.2) is 4.79 Å². The highest BCUT2D eigenvalue weighted by Crippen LogP contribution is 2.57. The lowest BCUT2D eigenvalue weighted by Crippen LogP contribution is -2.49. The fourth-order valence-corrected chi connectivity index (χ4v) is 3.93. The number of benzene rings is 1. The maximum absolute atomic E-state index is 12.0. The maximum Gasteiger partial charge on any atom is 0.407 e. The summed E-state index contributed by atoms with van der Waals surface area (Å²) in [4.78, 5) is 23.9. The lowest BCUT2D eigenvalue weighted by atomic mass is 9.81. The summed E-state index contributed by atoms with van der Waals surface area (Å²) in [6, 6.07) is 8.65. The first-order valence-electron chi connectivity index (χ1n) is 8.26. The summed E-state index contributed by atoms with van der Waals surface area (Å²) in [5, 5.41) is 12.8. The Morgan fingerprint density at radius 1 is 1.24 bits per heavy atom. The van der Waals surface area contributed by atoms with Gasteiger partial charge in [0.15, 0.2) is 12.1 Å². The second-order valence-electron chi connectivity index (χ2n) is 6.84. The van der Waals surface area contributed by atoms with Crippen LogP contribution >= 0.6 is 0 Å². The van der Waals surface area contributed by atoms with Crippen LogP contribution in [0.2, 0.25) is 0 Å². The maximum atomic E-state index is 12.0. The van der Waals surface area contributed by atoms with Crippen molar-refractivity contribution in [3.8, 4) is 0 Å². The number of aliphatic hydroxyl groups is 1. The number of aliphatic hydroxyl groups excluding tert-OH is 1. The van der Waals surface area contributed by atoms with Gasteiger partial charge in [-0.2, -0.15) is 0 Å². The van der Waals surface area contributed by atoms with Crippen molar-refractivity contribution in [2.45, 2.75) is 55.4 Å². The van der Waals surface area contributed by atoms with E-state index in [9.17, 15) is 14.7 Å². The Hall–Kier alpha value is -2.00. The average Bonchev–Trinajstić information content (AvgIpc) is 3.51. The minimum absolute atomic E-state index is 0.0580. The number of rotatable bonds is 3. The first-order chi connectivity index (χ1) is 12.1. The van der Waals surface area contributed by atoms with Crippen molar-refractivity contribution in [1.29, 1.82) is 0 Å². The van der Waals surface area contributed by atoms with Crippen LogP contribution in [0.5, 0.6) is 0 Å². The summed E-state index contributed by atoms with van der Waals surface area (Å²) in [5.74, 6) is -0.0580. The van der Waals surface area contributed by atoms with Gasteiger partial charge in [-0.1, -0.05) is 30.3 Å². The summed E-state index contributed by atoms with van der Waals surface area (Å²) in [6.07, 6.45) is -3.38.